The second-order valence-electron chi connectivity index (χ2n) is 6.40. The average molecular weight is 271 g/mol. The summed E-state index contributed by atoms with van der Waals surface area (Å²) in [5.41, 5.74) is 0. The van der Waals surface area contributed by atoms with Crippen LogP contribution in [0, 0.1) is 17.8 Å². The van der Waals surface area contributed by atoms with Crippen LogP contribution in [-0.4, -0.2) is 5.78 Å². The summed E-state index contributed by atoms with van der Waals surface area (Å²) >= 11 is 0. The number of ketones is 1. The molecular weight excluding hydrogens is 232 g/mol. The molecule has 0 aliphatic rings. The average Bonchev–Trinajstić information content (AvgIpc) is 2.15. The molecule has 0 saturated carbocycles. The van der Waals surface area contributed by atoms with Gasteiger partial charge < -0.3 is 4.79 Å². The van der Waals surface area contributed by atoms with E-state index in [4.69, 9.17) is 0 Å². The van der Waals surface area contributed by atoms with E-state index in [0.29, 0.717) is 5.92 Å². The maximum atomic E-state index is 10.3. The molecule has 0 aliphatic carbocycles. The van der Waals surface area contributed by atoms with Gasteiger partial charge in [0.05, 0.1) is 0 Å². The molecule has 0 fully saturated rings. The van der Waals surface area contributed by atoms with E-state index >= 15 is 0 Å². The zero-order chi connectivity index (χ0) is 15.8. The van der Waals surface area contributed by atoms with E-state index in [9.17, 15) is 4.79 Å². The predicted octanol–water partition coefficient (Wildman–Crippen LogP) is 6.28. The molecule has 0 amide bonds. The summed E-state index contributed by atoms with van der Waals surface area (Å²) in [4.78, 5) is 10.3. The summed E-state index contributed by atoms with van der Waals surface area (Å²) < 4.78 is 0. The maximum Gasteiger partial charge on any atom is 0.130 e. The van der Waals surface area contributed by atoms with Crippen molar-refractivity contribution in [3.05, 3.63) is 12.7 Å². The molecule has 116 valence electrons. The highest BCUT2D eigenvalue weighted by molar-refractivity contribution is 5.75. The SMILES string of the molecule is C=CCC(C)C.CC(=O)CC(C)C.CCCC(C)C. The Morgan fingerprint density at radius 2 is 1.47 bits per heavy atom. The van der Waals surface area contributed by atoms with Crippen molar-refractivity contribution in [1.29, 1.82) is 0 Å². The fourth-order valence-electron chi connectivity index (χ4n) is 1.49. The van der Waals surface area contributed by atoms with Crippen LogP contribution in [0.15, 0.2) is 12.7 Å². The minimum Gasteiger partial charge on any atom is -0.300 e. The molecule has 19 heavy (non-hydrogen) atoms. The first kappa shape index (κ1) is 23.5. The standard InChI is InChI=1S/C6H12O.C6H14.C6H12/c1-5(2)4-6(3)7;2*1-4-5-6(2)3/h5H,4H2,1-3H3;6H,4-5H2,1-3H3;4,6H,1,5H2,2-3H3. The van der Waals surface area contributed by atoms with Crippen LogP contribution in [0.1, 0.15) is 81.1 Å². The summed E-state index contributed by atoms with van der Waals surface area (Å²) in [6.07, 6.45) is 6.52. The second-order valence-corrected chi connectivity index (χ2v) is 6.40. The van der Waals surface area contributed by atoms with Crippen LogP contribution in [0.25, 0.3) is 0 Å². The first-order valence-corrected chi connectivity index (χ1v) is 7.77. The van der Waals surface area contributed by atoms with Gasteiger partial charge in [-0.1, -0.05) is 67.4 Å². The number of Topliss-reactive ketones (excluding diaryl/α,β-unsaturated/α-hetero) is 1. The predicted molar refractivity (Wildman–Crippen MR) is 89.5 cm³/mol. The molecule has 0 aromatic rings. The summed E-state index contributed by atoms with van der Waals surface area (Å²) in [7, 11) is 0. The third-order valence-electron chi connectivity index (χ3n) is 2.20. The number of rotatable bonds is 6. The smallest absolute Gasteiger partial charge is 0.130 e. The minimum atomic E-state index is 0.287. The van der Waals surface area contributed by atoms with E-state index in [1.165, 1.54) is 12.8 Å². The Morgan fingerprint density at radius 3 is 1.47 bits per heavy atom. The highest BCUT2D eigenvalue weighted by atomic mass is 16.1. The molecule has 0 spiro atoms. The first-order valence-electron chi connectivity index (χ1n) is 7.77. The lowest BCUT2D eigenvalue weighted by Gasteiger charge is -1.95. The molecule has 0 aromatic carbocycles. The monoisotopic (exact) mass is 270 g/mol. The molecule has 0 unspecified atom stereocenters. The summed E-state index contributed by atoms with van der Waals surface area (Å²) in [6.45, 7) is 20.4. The largest absolute Gasteiger partial charge is 0.300 e. The first-order chi connectivity index (χ1) is 8.67. The van der Waals surface area contributed by atoms with Crippen LogP contribution in [0.4, 0.5) is 0 Å². The molecule has 1 heteroatoms. The molecule has 0 rings (SSSR count). The van der Waals surface area contributed by atoms with Gasteiger partial charge >= 0.3 is 0 Å². The third-order valence-corrected chi connectivity index (χ3v) is 2.20. The Labute approximate surface area is 122 Å². The third kappa shape index (κ3) is 46.7. The fourth-order valence-corrected chi connectivity index (χ4v) is 1.49. The van der Waals surface area contributed by atoms with E-state index in [1.807, 2.05) is 19.9 Å². The van der Waals surface area contributed by atoms with Crippen molar-refractivity contribution >= 4 is 5.78 Å². The molecule has 0 radical (unpaired) electrons. The number of allylic oxidation sites excluding steroid dienone is 1. The fraction of sp³-hybridized carbons (Fsp3) is 0.833. The van der Waals surface area contributed by atoms with Gasteiger partial charge in [0.1, 0.15) is 5.78 Å². The van der Waals surface area contributed by atoms with E-state index in [-0.39, 0.29) is 5.78 Å². The molecule has 0 atom stereocenters. The van der Waals surface area contributed by atoms with Crippen LogP contribution < -0.4 is 0 Å². The maximum absolute atomic E-state index is 10.3. The molecular formula is C18H38O. The van der Waals surface area contributed by atoms with Crippen molar-refractivity contribution in [2.45, 2.75) is 81.1 Å². The summed E-state index contributed by atoms with van der Waals surface area (Å²) in [6, 6.07) is 0. The van der Waals surface area contributed by atoms with Gasteiger partial charge in [0, 0.05) is 6.42 Å². The highest BCUT2D eigenvalue weighted by Gasteiger charge is 1.95. The molecule has 0 heterocycles. The lowest BCUT2D eigenvalue weighted by molar-refractivity contribution is -0.117. The van der Waals surface area contributed by atoms with Gasteiger partial charge in [-0.05, 0) is 31.1 Å². The van der Waals surface area contributed by atoms with Gasteiger partial charge in [-0.15, -0.1) is 6.58 Å². The lowest BCUT2D eigenvalue weighted by atomic mass is 10.1. The number of carbonyl (C=O) groups is 1. The van der Waals surface area contributed by atoms with E-state index in [0.717, 1.165) is 24.7 Å². The summed E-state index contributed by atoms with van der Waals surface area (Å²) in [5.74, 6) is 2.49. The van der Waals surface area contributed by atoms with Gasteiger partial charge in [0.15, 0.2) is 0 Å². The lowest BCUT2D eigenvalue weighted by Crippen LogP contribution is -1.95. The molecule has 0 aromatic heterocycles. The van der Waals surface area contributed by atoms with Gasteiger partial charge in [-0.25, -0.2) is 0 Å². The van der Waals surface area contributed by atoms with Crippen LogP contribution in [0.2, 0.25) is 0 Å². The van der Waals surface area contributed by atoms with Gasteiger partial charge in [0.25, 0.3) is 0 Å². The van der Waals surface area contributed by atoms with Crippen molar-refractivity contribution in [2.24, 2.45) is 17.8 Å². The molecule has 0 saturated heterocycles. The zero-order valence-corrected chi connectivity index (χ0v) is 14.8. The number of carbonyl (C=O) groups excluding carboxylic acids is 1. The Balaban J connectivity index is -0.000000203. The number of hydrogen-bond acceptors (Lipinski definition) is 1. The van der Waals surface area contributed by atoms with Gasteiger partial charge in [-0.3, -0.25) is 0 Å². The van der Waals surface area contributed by atoms with E-state index < -0.39 is 0 Å². The van der Waals surface area contributed by atoms with E-state index in [1.54, 1.807) is 6.92 Å². The second kappa shape index (κ2) is 17.4. The molecule has 0 N–H and O–H groups in total. The van der Waals surface area contributed by atoms with E-state index in [2.05, 4.69) is 41.2 Å². The van der Waals surface area contributed by atoms with Crippen LogP contribution in [-0.2, 0) is 4.79 Å². The quantitative estimate of drug-likeness (QED) is 0.519. The van der Waals surface area contributed by atoms with Crippen molar-refractivity contribution in [3.8, 4) is 0 Å². The Hall–Kier alpha value is -0.590. The van der Waals surface area contributed by atoms with Crippen molar-refractivity contribution in [1.82, 2.24) is 0 Å². The van der Waals surface area contributed by atoms with Crippen molar-refractivity contribution in [3.63, 3.8) is 0 Å². The highest BCUT2D eigenvalue weighted by Crippen LogP contribution is 2.00. The summed E-state index contributed by atoms with van der Waals surface area (Å²) in [5, 5.41) is 0. The normalized spacial score (nSPS) is 9.63. The van der Waals surface area contributed by atoms with Crippen LogP contribution in [0.5, 0.6) is 0 Å². The topological polar surface area (TPSA) is 17.1 Å². The molecule has 0 aliphatic heterocycles. The number of hydrogen-bond donors (Lipinski definition) is 0. The Bertz CT molecular complexity index is 190. The molecule has 1 nitrogen and oxygen atoms in total. The zero-order valence-electron chi connectivity index (χ0n) is 14.8. The molecule has 0 bridgehead atoms. The Morgan fingerprint density at radius 1 is 1.00 bits per heavy atom. The Kier molecular flexibility index (Phi) is 21.5. The van der Waals surface area contributed by atoms with Crippen LogP contribution in [0.3, 0.4) is 0 Å². The minimum absolute atomic E-state index is 0.287. The van der Waals surface area contributed by atoms with Gasteiger partial charge in [-0.2, -0.15) is 0 Å². The van der Waals surface area contributed by atoms with Crippen molar-refractivity contribution < 1.29 is 4.79 Å². The van der Waals surface area contributed by atoms with Crippen molar-refractivity contribution in [2.75, 3.05) is 0 Å². The van der Waals surface area contributed by atoms with Gasteiger partial charge in [0.2, 0.25) is 0 Å². The van der Waals surface area contributed by atoms with Crippen LogP contribution >= 0.6 is 0 Å².